The highest BCUT2D eigenvalue weighted by Crippen LogP contribution is 2.18. The molecule has 1 atom stereocenters. The monoisotopic (exact) mass is 354 g/mol. The van der Waals surface area contributed by atoms with Gasteiger partial charge in [0.2, 0.25) is 0 Å². The van der Waals surface area contributed by atoms with Crippen LogP contribution in [0.2, 0.25) is 0 Å². The molecule has 1 aliphatic rings. The Kier molecular flexibility index (Phi) is 5.27. The Labute approximate surface area is 135 Å². The first-order valence-electron chi connectivity index (χ1n) is 7.30. The van der Waals surface area contributed by atoms with Gasteiger partial charge in [-0.15, -0.1) is 0 Å². The van der Waals surface area contributed by atoms with E-state index < -0.39 is 5.60 Å². The maximum Gasteiger partial charge on any atom is 0.410 e. The number of carbonyl (C=O) groups is 1. The topological polar surface area (TPSA) is 41.6 Å². The van der Waals surface area contributed by atoms with Crippen molar-refractivity contribution in [2.45, 2.75) is 38.8 Å². The molecule has 4 nitrogen and oxygen atoms in total. The van der Waals surface area contributed by atoms with E-state index in [1.165, 1.54) is 5.56 Å². The molecule has 1 heterocycles. The molecule has 1 saturated heterocycles. The minimum absolute atomic E-state index is 0.128. The molecule has 1 unspecified atom stereocenters. The molecular formula is C16H23BrN2O2. The highest BCUT2D eigenvalue weighted by atomic mass is 79.9. The zero-order chi connectivity index (χ0) is 15.5. The number of nitrogens with one attached hydrogen (secondary N) is 1. The van der Waals surface area contributed by atoms with Gasteiger partial charge >= 0.3 is 6.09 Å². The molecule has 2 rings (SSSR count). The van der Waals surface area contributed by atoms with Crippen molar-refractivity contribution >= 4 is 22.0 Å². The number of benzene rings is 1. The van der Waals surface area contributed by atoms with E-state index in [4.69, 9.17) is 4.74 Å². The molecule has 1 aliphatic heterocycles. The van der Waals surface area contributed by atoms with Crippen LogP contribution < -0.4 is 5.32 Å². The smallest absolute Gasteiger partial charge is 0.410 e. The van der Waals surface area contributed by atoms with Crippen LogP contribution in [-0.2, 0) is 11.2 Å². The number of piperazine rings is 1. The Morgan fingerprint density at radius 2 is 2.24 bits per heavy atom. The van der Waals surface area contributed by atoms with E-state index in [0.717, 1.165) is 24.0 Å². The molecule has 116 valence electrons. The summed E-state index contributed by atoms with van der Waals surface area (Å²) in [5.41, 5.74) is 0.758. The molecule has 0 saturated carbocycles. The lowest BCUT2D eigenvalue weighted by molar-refractivity contribution is 0.0122. The van der Waals surface area contributed by atoms with Gasteiger partial charge < -0.3 is 15.0 Å². The molecule has 1 aromatic carbocycles. The average molecular weight is 355 g/mol. The van der Waals surface area contributed by atoms with Crippen LogP contribution in [0.15, 0.2) is 28.7 Å². The Balaban J connectivity index is 2.06. The minimum atomic E-state index is -0.456. The van der Waals surface area contributed by atoms with Gasteiger partial charge in [-0.1, -0.05) is 28.1 Å². The van der Waals surface area contributed by atoms with Crippen LogP contribution in [0.5, 0.6) is 0 Å². The van der Waals surface area contributed by atoms with Crippen LogP contribution >= 0.6 is 15.9 Å². The molecule has 1 aromatic rings. The summed E-state index contributed by atoms with van der Waals surface area (Å²) in [4.78, 5) is 14.2. The lowest BCUT2D eigenvalue weighted by atomic mass is 10.0. The first-order valence-corrected chi connectivity index (χ1v) is 8.09. The Morgan fingerprint density at radius 1 is 1.48 bits per heavy atom. The molecule has 1 amide bonds. The second-order valence-corrected chi connectivity index (χ2v) is 7.28. The molecule has 0 radical (unpaired) electrons. The van der Waals surface area contributed by atoms with E-state index >= 15 is 0 Å². The van der Waals surface area contributed by atoms with Crippen molar-refractivity contribution in [3.8, 4) is 0 Å². The number of amides is 1. The second kappa shape index (κ2) is 6.79. The summed E-state index contributed by atoms with van der Waals surface area (Å²) in [6.07, 6.45) is 0.607. The normalized spacial score (nSPS) is 19.4. The third kappa shape index (κ3) is 5.00. The van der Waals surface area contributed by atoms with Crippen molar-refractivity contribution in [1.82, 2.24) is 10.2 Å². The quantitative estimate of drug-likeness (QED) is 0.886. The second-order valence-electron chi connectivity index (χ2n) is 6.37. The predicted molar refractivity (Wildman–Crippen MR) is 87.4 cm³/mol. The summed E-state index contributed by atoms with van der Waals surface area (Å²) in [5.74, 6) is 0. The predicted octanol–water partition coefficient (Wildman–Crippen LogP) is 3.20. The Morgan fingerprint density at radius 3 is 2.90 bits per heavy atom. The van der Waals surface area contributed by atoms with Crippen LogP contribution in [0, 0.1) is 0 Å². The van der Waals surface area contributed by atoms with Gasteiger partial charge in [-0.05, 0) is 44.9 Å². The number of hydrogen-bond acceptors (Lipinski definition) is 3. The van der Waals surface area contributed by atoms with Crippen molar-refractivity contribution < 1.29 is 9.53 Å². The van der Waals surface area contributed by atoms with E-state index in [1.54, 1.807) is 0 Å². The van der Waals surface area contributed by atoms with Crippen LogP contribution in [0.1, 0.15) is 26.3 Å². The van der Waals surface area contributed by atoms with Crippen molar-refractivity contribution in [3.05, 3.63) is 34.3 Å². The zero-order valence-electron chi connectivity index (χ0n) is 12.9. The van der Waals surface area contributed by atoms with Crippen LogP contribution in [0.4, 0.5) is 4.79 Å². The lowest BCUT2D eigenvalue weighted by Crippen LogP contribution is -2.55. The zero-order valence-corrected chi connectivity index (χ0v) is 14.4. The number of hydrogen-bond donors (Lipinski definition) is 1. The summed E-state index contributed by atoms with van der Waals surface area (Å²) in [5, 5.41) is 3.36. The van der Waals surface area contributed by atoms with E-state index in [1.807, 2.05) is 37.8 Å². The highest BCUT2D eigenvalue weighted by Gasteiger charge is 2.30. The number of halogens is 1. The molecule has 1 fully saturated rings. The first-order chi connectivity index (χ1) is 9.85. The fourth-order valence-electron chi connectivity index (χ4n) is 2.44. The fourth-order valence-corrected chi connectivity index (χ4v) is 2.89. The third-order valence-corrected chi connectivity index (χ3v) is 3.83. The molecule has 21 heavy (non-hydrogen) atoms. The average Bonchev–Trinajstić information content (AvgIpc) is 2.37. The minimum Gasteiger partial charge on any atom is -0.444 e. The van der Waals surface area contributed by atoms with Crippen LogP contribution in [0.3, 0.4) is 0 Å². The molecular weight excluding hydrogens is 332 g/mol. The van der Waals surface area contributed by atoms with Gasteiger partial charge in [-0.3, -0.25) is 0 Å². The van der Waals surface area contributed by atoms with Gasteiger partial charge in [0.05, 0.1) is 6.04 Å². The van der Waals surface area contributed by atoms with Crippen molar-refractivity contribution in [3.63, 3.8) is 0 Å². The van der Waals surface area contributed by atoms with E-state index in [9.17, 15) is 4.79 Å². The van der Waals surface area contributed by atoms with Crippen molar-refractivity contribution in [1.29, 1.82) is 0 Å². The molecule has 0 aliphatic carbocycles. The maximum absolute atomic E-state index is 12.3. The molecule has 0 aromatic heterocycles. The summed E-state index contributed by atoms with van der Waals surface area (Å²) in [7, 11) is 0. The Hall–Kier alpha value is -1.07. The highest BCUT2D eigenvalue weighted by molar-refractivity contribution is 9.10. The Bertz CT molecular complexity index is 499. The lowest BCUT2D eigenvalue weighted by Gasteiger charge is -2.37. The molecule has 1 N–H and O–H groups in total. The SMILES string of the molecule is CC(C)(C)OC(=O)N1CCNCC1Cc1cccc(Br)c1. The van der Waals surface area contributed by atoms with Gasteiger partial charge in [0.1, 0.15) is 5.60 Å². The van der Waals surface area contributed by atoms with Gasteiger partial charge in [-0.25, -0.2) is 4.79 Å². The first kappa shape index (κ1) is 16.3. The number of ether oxygens (including phenoxy) is 1. The molecule has 0 spiro atoms. The third-order valence-electron chi connectivity index (χ3n) is 3.34. The van der Waals surface area contributed by atoms with E-state index in [-0.39, 0.29) is 12.1 Å². The summed E-state index contributed by atoms with van der Waals surface area (Å²) >= 11 is 3.49. The van der Waals surface area contributed by atoms with Gasteiger partial charge in [0.25, 0.3) is 0 Å². The molecule has 5 heteroatoms. The molecule has 0 bridgehead atoms. The summed E-state index contributed by atoms with van der Waals surface area (Å²) in [6.45, 7) is 8.00. The van der Waals surface area contributed by atoms with Gasteiger partial charge in [0.15, 0.2) is 0 Å². The summed E-state index contributed by atoms with van der Waals surface area (Å²) in [6, 6.07) is 8.35. The number of carbonyl (C=O) groups excluding carboxylic acids is 1. The van der Waals surface area contributed by atoms with Crippen LogP contribution in [-0.4, -0.2) is 42.3 Å². The fraction of sp³-hybridized carbons (Fsp3) is 0.562. The van der Waals surface area contributed by atoms with Crippen molar-refractivity contribution in [2.24, 2.45) is 0 Å². The van der Waals surface area contributed by atoms with Crippen LogP contribution in [0.25, 0.3) is 0 Å². The largest absolute Gasteiger partial charge is 0.444 e. The van der Waals surface area contributed by atoms with E-state index in [0.29, 0.717) is 6.54 Å². The summed E-state index contributed by atoms with van der Waals surface area (Å²) < 4.78 is 6.58. The standard InChI is InChI=1S/C16H23BrN2O2/c1-16(2,3)21-15(20)19-8-7-18-11-14(19)10-12-5-4-6-13(17)9-12/h4-6,9,14,18H,7-8,10-11H2,1-3H3. The van der Waals surface area contributed by atoms with Gasteiger partial charge in [0, 0.05) is 24.1 Å². The maximum atomic E-state index is 12.3. The number of rotatable bonds is 2. The van der Waals surface area contributed by atoms with Crippen molar-refractivity contribution in [2.75, 3.05) is 19.6 Å². The van der Waals surface area contributed by atoms with E-state index in [2.05, 4.69) is 33.4 Å². The van der Waals surface area contributed by atoms with Gasteiger partial charge in [-0.2, -0.15) is 0 Å². The number of nitrogens with zero attached hydrogens (tertiary/aromatic N) is 1.